The summed E-state index contributed by atoms with van der Waals surface area (Å²) in [6.07, 6.45) is -1.18. The molecule has 0 atom stereocenters. The van der Waals surface area contributed by atoms with E-state index >= 15 is 0 Å². The summed E-state index contributed by atoms with van der Waals surface area (Å²) in [5.74, 6) is -1.90. The molecule has 1 aliphatic rings. The maximum atomic E-state index is 13.4. The summed E-state index contributed by atoms with van der Waals surface area (Å²) >= 11 is 6.67. The molecule has 1 fully saturated rings. The highest BCUT2D eigenvalue weighted by atomic mass is 35.5. The number of hydrogen-bond acceptors (Lipinski definition) is 4. The number of amides is 2. The van der Waals surface area contributed by atoms with Gasteiger partial charge in [-0.2, -0.15) is 0 Å². The van der Waals surface area contributed by atoms with Crippen LogP contribution in [0.4, 0.5) is 13.6 Å². The van der Waals surface area contributed by atoms with E-state index in [2.05, 4.69) is 5.32 Å². The molecule has 2 aromatic carbocycles. The maximum Gasteiger partial charge on any atom is 0.408 e. The average molecular weight is 505 g/mol. The van der Waals surface area contributed by atoms with Gasteiger partial charge in [0.1, 0.15) is 17.1 Å². The number of hydrogen-bond donors (Lipinski definition) is 1. The van der Waals surface area contributed by atoms with Gasteiger partial charge in [-0.3, -0.25) is 4.79 Å². The monoisotopic (exact) mass is 504 g/mol. The maximum absolute atomic E-state index is 13.4. The van der Waals surface area contributed by atoms with Gasteiger partial charge in [0.2, 0.25) is 0 Å². The van der Waals surface area contributed by atoms with Crippen LogP contribution >= 0.6 is 11.6 Å². The number of halogens is 3. The summed E-state index contributed by atoms with van der Waals surface area (Å²) in [7, 11) is 0. The number of nitrogens with zero attached hydrogens (tertiary/aromatic N) is 1. The smallest absolute Gasteiger partial charge is 0.408 e. The molecule has 35 heavy (non-hydrogen) atoms. The number of likely N-dealkylation sites (tertiary alicyclic amines) is 1. The number of nitrogens with one attached hydrogen (secondary N) is 1. The minimum Gasteiger partial charge on any atom is -0.459 e. The van der Waals surface area contributed by atoms with E-state index in [9.17, 15) is 18.4 Å². The molecule has 186 valence electrons. The van der Waals surface area contributed by atoms with Gasteiger partial charge in [-0.25, -0.2) is 13.6 Å². The molecule has 2 heterocycles. The van der Waals surface area contributed by atoms with Gasteiger partial charge >= 0.3 is 6.09 Å². The number of alkyl halides is 2. The van der Waals surface area contributed by atoms with Crippen LogP contribution in [0.1, 0.15) is 49.7 Å². The molecule has 1 N–H and O–H groups in total. The van der Waals surface area contributed by atoms with Crippen molar-refractivity contribution < 1.29 is 27.5 Å². The third-order valence-corrected chi connectivity index (χ3v) is 6.12. The van der Waals surface area contributed by atoms with E-state index < -0.39 is 17.6 Å². The number of carbonyl (C=O) groups excluding carboxylic acids is 2. The van der Waals surface area contributed by atoms with Crippen molar-refractivity contribution in [1.29, 1.82) is 0 Å². The quantitative estimate of drug-likeness (QED) is 0.432. The number of rotatable bonds is 4. The summed E-state index contributed by atoms with van der Waals surface area (Å²) in [6.45, 7) is 5.58. The lowest BCUT2D eigenvalue weighted by atomic mass is 10.0. The number of ether oxygens (including phenoxy) is 1. The van der Waals surface area contributed by atoms with Gasteiger partial charge in [-0.15, -0.1) is 0 Å². The first-order chi connectivity index (χ1) is 16.4. The molecule has 0 spiro atoms. The topological polar surface area (TPSA) is 71.8 Å². The third kappa shape index (κ3) is 5.93. The van der Waals surface area contributed by atoms with Crippen LogP contribution in [0.5, 0.6) is 0 Å². The number of benzene rings is 2. The molecule has 4 rings (SSSR count). The van der Waals surface area contributed by atoms with Gasteiger partial charge in [0.15, 0.2) is 0 Å². The first-order valence-electron chi connectivity index (χ1n) is 11.4. The molecule has 0 saturated carbocycles. The summed E-state index contributed by atoms with van der Waals surface area (Å²) in [4.78, 5) is 26.1. The Hall–Kier alpha value is -3.13. The van der Waals surface area contributed by atoms with Crippen molar-refractivity contribution in [1.82, 2.24) is 10.2 Å². The molecule has 0 radical (unpaired) electrons. The van der Waals surface area contributed by atoms with Gasteiger partial charge in [-0.1, -0.05) is 23.7 Å². The SMILES string of the molecule is CC(C)(C)OC(=O)NCc1ccc(-c2ccc3cc(C(=O)N4CCC(F)(F)CC4)ccc3c2Cl)o1. The Morgan fingerprint density at radius 3 is 2.51 bits per heavy atom. The molecule has 6 nitrogen and oxygen atoms in total. The Labute approximate surface area is 207 Å². The van der Waals surface area contributed by atoms with Gasteiger partial charge in [0.25, 0.3) is 11.8 Å². The summed E-state index contributed by atoms with van der Waals surface area (Å²) in [5, 5.41) is 4.59. The van der Waals surface area contributed by atoms with E-state index in [0.717, 1.165) is 10.8 Å². The Morgan fingerprint density at radius 2 is 1.83 bits per heavy atom. The predicted octanol–water partition coefficient (Wildman–Crippen LogP) is 6.65. The highest BCUT2D eigenvalue weighted by Gasteiger charge is 2.35. The molecular weight excluding hydrogens is 478 g/mol. The molecule has 0 unspecified atom stereocenters. The van der Waals surface area contributed by atoms with Crippen molar-refractivity contribution in [3.63, 3.8) is 0 Å². The Morgan fingerprint density at radius 1 is 1.11 bits per heavy atom. The van der Waals surface area contributed by atoms with Crippen molar-refractivity contribution in [2.75, 3.05) is 13.1 Å². The van der Waals surface area contributed by atoms with Crippen molar-refractivity contribution in [3.8, 4) is 11.3 Å². The molecule has 0 aliphatic carbocycles. The largest absolute Gasteiger partial charge is 0.459 e. The second-order valence-electron chi connectivity index (χ2n) is 9.63. The van der Waals surface area contributed by atoms with E-state index in [0.29, 0.717) is 27.7 Å². The summed E-state index contributed by atoms with van der Waals surface area (Å²) in [6, 6.07) is 12.3. The molecular formula is C26H27ClF2N2O4. The van der Waals surface area contributed by atoms with E-state index in [1.165, 1.54) is 4.90 Å². The van der Waals surface area contributed by atoms with E-state index in [4.69, 9.17) is 20.8 Å². The van der Waals surface area contributed by atoms with Crippen LogP contribution in [0.25, 0.3) is 22.1 Å². The standard InChI is InChI=1S/C26H27ClF2N2O4/c1-25(2,3)35-24(33)30-15-18-6-9-21(34-18)20-8-4-16-14-17(5-7-19(16)22(20)27)23(32)31-12-10-26(28,29)11-13-31/h4-9,14H,10-13,15H2,1-3H3,(H,30,33). The average Bonchev–Trinajstić information content (AvgIpc) is 3.25. The normalized spacial score (nSPS) is 15.8. The van der Waals surface area contributed by atoms with Crippen LogP contribution in [0.15, 0.2) is 46.9 Å². The van der Waals surface area contributed by atoms with Crippen LogP contribution in [0, 0.1) is 0 Å². The van der Waals surface area contributed by atoms with Crippen LogP contribution in [-0.2, 0) is 11.3 Å². The van der Waals surface area contributed by atoms with Gasteiger partial charge in [0, 0.05) is 42.4 Å². The zero-order valence-corrected chi connectivity index (χ0v) is 20.5. The lowest BCUT2D eigenvalue weighted by Gasteiger charge is -2.31. The van der Waals surface area contributed by atoms with Crippen molar-refractivity contribution >= 4 is 34.4 Å². The zero-order valence-electron chi connectivity index (χ0n) is 19.8. The number of furan rings is 1. The fourth-order valence-electron chi connectivity index (χ4n) is 3.93. The van der Waals surface area contributed by atoms with Crippen LogP contribution < -0.4 is 5.32 Å². The molecule has 9 heteroatoms. The first-order valence-corrected chi connectivity index (χ1v) is 11.7. The minimum atomic E-state index is -2.71. The molecule has 1 aromatic heterocycles. The first kappa shape index (κ1) is 25.0. The molecule has 3 aromatic rings. The predicted molar refractivity (Wildman–Crippen MR) is 130 cm³/mol. The van der Waals surface area contributed by atoms with Crippen LogP contribution in [0.2, 0.25) is 5.02 Å². The molecule has 2 amide bonds. The summed E-state index contributed by atoms with van der Waals surface area (Å²) in [5.41, 5.74) is 0.504. The lowest BCUT2D eigenvalue weighted by molar-refractivity contribution is -0.0494. The van der Waals surface area contributed by atoms with E-state index in [-0.39, 0.29) is 38.4 Å². The van der Waals surface area contributed by atoms with Crippen LogP contribution in [-0.4, -0.2) is 41.5 Å². The highest BCUT2D eigenvalue weighted by Crippen LogP contribution is 2.36. The van der Waals surface area contributed by atoms with E-state index in [1.807, 2.05) is 6.07 Å². The van der Waals surface area contributed by atoms with Gasteiger partial charge in [-0.05, 0) is 56.5 Å². The fraction of sp³-hybridized carbons (Fsp3) is 0.385. The lowest BCUT2D eigenvalue weighted by Crippen LogP contribution is -2.42. The minimum absolute atomic E-state index is 0.0349. The molecule has 0 bridgehead atoms. The van der Waals surface area contributed by atoms with Gasteiger partial charge in [0.05, 0.1) is 11.6 Å². The zero-order chi connectivity index (χ0) is 25.4. The Balaban J connectivity index is 1.48. The Bertz CT molecular complexity index is 1260. The second-order valence-corrected chi connectivity index (χ2v) is 10.0. The molecule has 1 aliphatic heterocycles. The van der Waals surface area contributed by atoms with Crippen LogP contribution in [0.3, 0.4) is 0 Å². The third-order valence-electron chi connectivity index (χ3n) is 5.72. The number of fused-ring (bicyclic) bond motifs is 1. The second kappa shape index (κ2) is 9.49. The van der Waals surface area contributed by atoms with Crippen molar-refractivity contribution in [2.45, 2.75) is 51.7 Å². The number of carbonyl (C=O) groups is 2. The highest BCUT2D eigenvalue weighted by molar-refractivity contribution is 6.38. The number of alkyl carbamates (subject to hydrolysis) is 1. The fourth-order valence-corrected chi connectivity index (χ4v) is 4.25. The van der Waals surface area contributed by atoms with Crippen molar-refractivity contribution in [2.24, 2.45) is 0 Å². The molecule has 1 saturated heterocycles. The summed E-state index contributed by atoms with van der Waals surface area (Å²) < 4.78 is 37.9. The van der Waals surface area contributed by atoms with E-state index in [1.54, 1.807) is 57.2 Å². The van der Waals surface area contributed by atoms with Gasteiger partial charge < -0.3 is 19.4 Å². The van der Waals surface area contributed by atoms with Crippen molar-refractivity contribution in [3.05, 3.63) is 58.8 Å². The number of piperidine rings is 1. The Kier molecular flexibility index (Phi) is 6.77.